The molecule has 2 heterocycles. The monoisotopic (exact) mass is 331 g/mol. The van der Waals surface area contributed by atoms with E-state index >= 15 is 0 Å². The van der Waals surface area contributed by atoms with Gasteiger partial charge >= 0.3 is 5.97 Å². The molecular formula is C20H29NO3. The van der Waals surface area contributed by atoms with Gasteiger partial charge in [0.25, 0.3) is 0 Å². The van der Waals surface area contributed by atoms with E-state index < -0.39 is 5.41 Å². The molecule has 0 unspecified atom stereocenters. The van der Waals surface area contributed by atoms with Crippen LogP contribution in [0.5, 0.6) is 0 Å². The largest absolute Gasteiger partial charge is 0.466 e. The third kappa shape index (κ3) is 3.98. The van der Waals surface area contributed by atoms with Crippen LogP contribution in [0.4, 0.5) is 0 Å². The van der Waals surface area contributed by atoms with Gasteiger partial charge in [0, 0.05) is 25.8 Å². The van der Waals surface area contributed by atoms with E-state index in [4.69, 9.17) is 9.47 Å². The van der Waals surface area contributed by atoms with Crippen LogP contribution in [0.3, 0.4) is 0 Å². The Kier molecular flexibility index (Phi) is 5.90. The number of likely N-dealkylation sites (tertiary alicyclic amines) is 1. The number of rotatable bonds is 5. The maximum absolute atomic E-state index is 12.9. The van der Waals surface area contributed by atoms with Crippen molar-refractivity contribution < 1.29 is 14.3 Å². The van der Waals surface area contributed by atoms with E-state index in [0.29, 0.717) is 12.6 Å². The number of hydrogen-bond acceptors (Lipinski definition) is 4. The van der Waals surface area contributed by atoms with Gasteiger partial charge < -0.3 is 9.47 Å². The summed E-state index contributed by atoms with van der Waals surface area (Å²) in [5, 5.41) is 0. The van der Waals surface area contributed by atoms with E-state index in [9.17, 15) is 4.79 Å². The fourth-order valence-electron chi connectivity index (χ4n) is 4.18. The standard InChI is InChI=1S/C20H29NO3/c1-2-24-19(22)20(15-17-7-4-3-5-8-17)11-6-12-21(16-20)18-9-13-23-14-10-18/h3-5,7-8,18H,2,6,9-16H2,1H3/t20-/m1/s1. The molecule has 0 amide bonds. The molecule has 0 spiro atoms. The van der Waals surface area contributed by atoms with Gasteiger partial charge in [-0.05, 0) is 51.1 Å². The van der Waals surface area contributed by atoms with Crippen LogP contribution < -0.4 is 0 Å². The van der Waals surface area contributed by atoms with Crippen molar-refractivity contribution in [2.24, 2.45) is 5.41 Å². The number of hydrogen-bond donors (Lipinski definition) is 0. The van der Waals surface area contributed by atoms with Crippen LogP contribution >= 0.6 is 0 Å². The van der Waals surface area contributed by atoms with Crippen molar-refractivity contribution in [2.45, 2.75) is 45.1 Å². The van der Waals surface area contributed by atoms with E-state index in [1.165, 1.54) is 5.56 Å². The number of benzene rings is 1. The highest BCUT2D eigenvalue weighted by Gasteiger charge is 2.45. The molecule has 0 saturated carbocycles. The van der Waals surface area contributed by atoms with Gasteiger partial charge in [0.05, 0.1) is 12.0 Å². The first kappa shape index (κ1) is 17.4. The van der Waals surface area contributed by atoms with Crippen LogP contribution in [-0.2, 0) is 20.7 Å². The first-order valence-electron chi connectivity index (χ1n) is 9.26. The van der Waals surface area contributed by atoms with E-state index in [-0.39, 0.29) is 5.97 Å². The summed E-state index contributed by atoms with van der Waals surface area (Å²) in [6, 6.07) is 10.9. The zero-order valence-corrected chi connectivity index (χ0v) is 14.7. The Morgan fingerprint density at radius 3 is 2.75 bits per heavy atom. The van der Waals surface area contributed by atoms with Gasteiger partial charge in [-0.3, -0.25) is 9.69 Å². The van der Waals surface area contributed by atoms with Crippen molar-refractivity contribution in [2.75, 3.05) is 32.9 Å². The molecule has 0 aromatic heterocycles. The molecular weight excluding hydrogens is 302 g/mol. The van der Waals surface area contributed by atoms with Crippen molar-refractivity contribution in [3.63, 3.8) is 0 Å². The molecule has 0 radical (unpaired) electrons. The third-order valence-corrected chi connectivity index (χ3v) is 5.41. The van der Waals surface area contributed by atoms with E-state index in [2.05, 4.69) is 17.0 Å². The Bertz CT molecular complexity index is 527. The molecule has 1 aromatic rings. The Balaban J connectivity index is 1.79. The number of nitrogens with zero attached hydrogens (tertiary/aromatic N) is 1. The van der Waals surface area contributed by atoms with E-state index in [1.54, 1.807) is 0 Å². The molecule has 2 aliphatic heterocycles. The number of esters is 1. The average molecular weight is 331 g/mol. The summed E-state index contributed by atoms with van der Waals surface area (Å²) in [5.74, 6) is -0.0226. The summed E-state index contributed by atoms with van der Waals surface area (Å²) in [4.78, 5) is 15.4. The SMILES string of the molecule is CCOC(=O)[C@@]1(Cc2ccccc2)CCCN(C2CCOCC2)C1. The smallest absolute Gasteiger partial charge is 0.313 e. The molecule has 4 heteroatoms. The molecule has 0 aliphatic carbocycles. The molecule has 1 aromatic carbocycles. The second-order valence-electron chi connectivity index (χ2n) is 7.08. The fourth-order valence-corrected chi connectivity index (χ4v) is 4.18. The quantitative estimate of drug-likeness (QED) is 0.778. The summed E-state index contributed by atoms with van der Waals surface area (Å²) in [6.45, 7) is 5.92. The van der Waals surface area contributed by atoms with Crippen LogP contribution in [0.25, 0.3) is 0 Å². The minimum Gasteiger partial charge on any atom is -0.466 e. The molecule has 4 nitrogen and oxygen atoms in total. The van der Waals surface area contributed by atoms with Crippen LogP contribution in [0.15, 0.2) is 30.3 Å². The average Bonchev–Trinajstić information content (AvgIpc) is 2.64. The van der Waals surface area contributed by atoms with Gasteiger partial charge in [-0.15, -0.1) is 0 Å². The summed E-state index contributed by atoms with van der Waals surface area (Å²) >= 11 is 0. The van der Waals surface area contributed by atoms with Crippen molar-refractivity contribution in [3.8, 4) is 0 Å². The second kappa shape index (κ2) is 8.13. The molecule has 2 fully saturated rings. The second-order valence-corrected chi connectivity index (χ2v) is 7.08. The molecule has 2 saturated heterocycles. The highest BCUT2D eigenvalue weighted by atomic mass is 16.5. The number of ether oxygens (including phenoxy) is 2. The third-order valence-electron chi connectivity index (χ3n) is 5.41. The normalized spacial score (nSPS) is 26.2. The number of piperidine rings is 1. The Labute approximate surface area is 145 Å². The summed E-state index contributed by atoms with van der Waals surface area (Å²) in [5.41, 5.74) is 0.813. The minimum absolute atomic E-state index is 0.0226. The fraction of sp³-hybridized carbons (Fsp3) is 0.650. The zero-order chi connectivity index (χ0) is 16.8. The van der Waals surface area contributed by atoms with Crippen molar-refractivity contribution >= 4 is 5.97 Å². The van der Waals surface area contributed by atoms with Gasteiger partial charge in [0.1, 0.15) is 0 Å². The zero-order valence-electron chi connectivity index (χ0n) is 14.7. The van der Waals surface area contributed by atoms with Crippen LogP contribution in [-0.4, -0.2) is 49.8 Å². The van der Waals surface area contributed by atoms with E-state index in [0.717, 1.165) is 58.4 Å². The molecule has 132 valence electrons. The van der Waals surface area contributed by atoms with Gasteiger partial charge in [0.15, 0.2) is 0 Å². The first-order chi connectivity index (χ1) is 11.7. The van der Waals surface area contributed by atoms with Crippen molar-refractivity contribution in [1.29, 1.82) is 0 Å². The number of carbonyl (C=O) groups excluding carboxylic acids is 1. The molecule has 1 atom stereocenters. The predicted molar refractivity (Wildman–Crippen MR) is 93.9 cm³/mol. The van der Waals surface area contributed by atoms with Crippen molar-refractivity contribution in [1.82, 2.24) is 4.90 Å². The maximum Gasteiger partial charge on any atom is 0.313 e. The lowest BCUT2D eigenvalue weighted by Gasteiger charge is -2.45. The Morgan fingerprint density at radius 1 is 1.29 bits per heavy atom. The number of carbonyl (C=O) groups is 1. The van der Waals surface area contributed by atoms with Gasteiger partial charge in [-0.1, -0.05) is 30.3 Å². The van der Waals surface area contributed by atoms with Crippen LogP contribution in [0, 0.1) is 5.41 Å². The van der Waals surface area contributed by atoms with Crippen LogP contribution in [0.1, 0.15) is 38.2 Å². The lowest BCUT2D eigenvalue weighted by atomic mass is 9.74. The van der Waals surface area contributed by atoms with Crippen LogP contribution in [0.2, 0.25) is 0 Å². The molecule has 24 heavy (non-hydrogen) atoms. The summed E-state index contributed by atoms with van der Waals surface area (Å²) in [7, 11) is 0. The predicted octanol–water partition coefficient (Wildman–Crippen LogP) is 3.05. The lowest BCUT2D eigenvalue weighted by molar-refractivity contribution is -0.160. The molecule has 2 aliphatic rings. The molecule has 3 rings (SSSR count). The van der Waals surface area contributed by atoms with Crippen molar-refractivity contribution in [3.05, 3.63) is 35.9 Å². The topological polar surface area (TPSA) is 38.8 Å². The van der Waals surface area contributed by atoms with Gasteiger partial charge in [-0.25, -0.2) is 0 Å². The van der Waals surface area contributed by atoms with Gasteiger partial charge in [0.2, 0.25) is 0 Å². The summed E-state index contributed by atoms with van der Waals surface area (Å²) in [6.07, 6.45) is 4.89. The molecule has 0 bridgehead atoms. The first-order valence-corrected chi connectivity index (χ1v) is 9.26. The lowest BCUT2D eigenvalue weighted by Crippen LogP contribution is -2.53. The minimum atomic E-state index is -0.409. The maximum atomic E-state index is 12.9. The highest BCUT2D eigenvalue weighted by Crippen LogP contribution is 2.37. The van der Waals surface area contributed by atoms with Gasteiger partial charge in [-0.2, -0.15) is 0 Å². The van der Waals surface area contributed by atoms with E-state index in [1.807, 2.05) is 25.1 Å². The highest BCUT2D eigenvalue weighted by molar-refractivity contribution is 5.77. The summed E-state index contributed by atoms with van der Waals surface area (Å²) < 4.78 is 11.0. The molecule has 0 N–H and O–H groups in total. The Morgan fingerprint density at radius 2 is 2.04 bits per heavy atom. The Hall–Kier alpha value is -1.39.